The molecule has 130 valence electrons. The maximum atomic E-state index is 12.7. The Morgan fingerprint density at radius 3 is 2.54 bits per heavy atom. The average Bonchev–Trinajstić information content (AvgIpc) is 3.16. The fraction of sp³-hybridized carbons (Fsp3) is 0.100. The molecule has 0 fully saturated rings. The summed E-state index contributed by atoms with van der Waals surface area (Å²) in [5.41, 5.74) is 2.64. The Labute approximate surface area is 163 Å². The Morgan fingerprint density at radius 1 is 1.08 bits per heavy atom. The predicted molar refractivity (Wildman–Crippen MR) is 104 cm³/mol. The van der Waals surface area contributed by atoms with E-state index in [1.54, 1.807) is 12.1 Å². The average molecular weight is 428 g/mol. The number of nitrogens with zero attached hydrogens (tertiary/aromatic N) is 1. The SMILES string of the molecule is O=C(CC1ON(c2ccccc2)C(=O)c2cscc21)c1ccc(Br)cc1. The largest absolute Gasteiger partial charge is 0.294 e. The van der Waals surface area contributed by atoms with Crippen molar-refractivity contribution in [3.05, 3.63) is 86.5 Å². The molecule has 0 bridgehead atoms. The van der Waals surface area contributed by atoms with Crippen molar-refractivity contribution in [2.45, 2.75) is 12.5 Å². The van der Waals surface area contributed by atoms with Gasteiger partial charge in [-0.25, -0.2) is 0 Å². The van der Waals surface area contributed by atoms with Crippen LogP contribution in [-0.4, -0.2) is 11.7 Å². The summed E-state index contributed by atoms with van der Waals surface area (Å²) in [6.45, 7) is 0. The number of amides is 1. The van der Waals surface area contributed by atoms with Gasteiger partial charge in [0, 0.05) is 27.4 Å². The molecule has 0 aliphatic carbocycles. The van der Waals surface area contributed by atoms with E-state index in [-0.39, 0.29) is 18.1 Å². The highest BCUT2D eigenvalue weighted by Crippen LogP contribution is 2.37. The summed E-state index contributed by atoms with van der Waals surface area (Å²) in [5, 5.41) is 4.98. The molecule has 1 unspecified atom stereocenters. The van der Waals surface area contributed by atoms with Gasteiger partial charge in [-0.05, 0) is 29.6 Å². The lowest BCUT2D eigenvalue weighted by molar-refractivity contribution is 0.0150. The van der Waals surface area contributed by atoms with Crippen LogP contribution in [-0.2, 0) is 4.84 Å². The lowest BCUT2D eigenvalue weighted by Crippen LogP contribution is -2.38. The van der Waals surface area contributed by atoms with Gasteiger partial charge in [0.2, 0.25) is 0 Å². The summed E-state index contributed by atoms with van der Waals surface area (Å²) in [4.78, 5) is 31.4. The van der Waals surface area contributed by atoms with E-state index in [4.69, 9.17) is 4.84 Å². The van der Waals surface area contributed by atoms with Crippen molar-refractivity contribution in [3.63, 3.8) is 0 Å². The third kappa shape index (κ3) is 3.23. The molecule has 0 N–H and O–H groups in total. The van der Waals surface area contributed by atoms with Crippen molar-refractivity contribution >= 4 is 44.6 Å². The number of fused-ring (bicyclic) bond motifs is 1. The van der Waals surface area contributed by atoms with E-state index in [1.807, 2.05) is 53.2 Å². The number of hydroxylamine groups is 1. The van der Waals surface area contributed by atoms with Crippen molar-refractivity contribution in [2.24, 2.45) is 0 Å². The predicted octanol–water partition coefficient (Wildman–Crippen LogP) is 5.42. The maximum Gasteiger partial charge on any atom is 0.283 e. The second-order valence-corrected chi connectivity index (χ2v) is 7.56. The number of para-hydroxylation sites is 1. The van der Waals surface area contributed by atoms with Crippen LogP contribution in [0.5, 0.6) is 0 Å². The van der Waals surface area contributed by atoms with E-state index in [2.05, 4.69) is 15.9 Å². The van der Waals surface area contributed by atoms with Crippen LogP contribution in [0.1, 0.15) is 38.8 Å². The number of carbonyl (C=O) groups is 2. The van der Waals surface area contributed by atoms with Crippen molar-refractivity contribution in [1.82, 2.24) is 0 Å². The summed E-state index contributed by atoms with van der Waals surface area (Å²) >= 11 is 4.81. The van der Waals surface area contributed by atoms with Crippen LogP contribution in [0.25, 0.3) is 0 Å². The van der Waals surface area contributed by atoms with E-state index in [1.165, 1.54) is 16.4 Å². The molecule has 1 amide bonds. The molecule has 1 aliphatic rings. The third-order valence-electron chi connectivity index (χ3n) is 4.21. The number of Topliss-reactive ketones (excluding diaryl/α,β-unsaturated/α-hetero) is 1. The van der Waals surface area contributed by atoms with Gasteiger partial charge in [-0.15, -0.1) is 0 Å². The highest BCUT2D eigenvalue weighted by atomic mass is 79.9. The zero-order chi connectivity index (χ0) is 18.1. The summed E-state index contributed by atoms with van der Waals surface area (Å²) in [6.07, 6.45) is -0.326. The number of ketones is 1. The first kappa shape index (κ1) is 17.1. The summed E-state index contributed by atoms with van der Waals surface area (Å²) in [6, 6.07) is 16.4. The minimum Gasteiger partial charge on any atom is -0.294 e. The molecule has 26 heavy (non-hydrogen) atoms. The summed E-state index contributed by atoms with van der Waals surface area (Å²) in [5.74, 6) is -0.234. The molecular weight excluding hydrogens is 414 g/mol. The van der Waals surface area contributed by atoms with Crippen molar-refractivity contribution in [2.75, 3.05) is 5.06 Å². The minimum absolute atomic E-state index is 0.0259. The quantitative estimate of drug-likeness (QED) is 0.522. The number of hydrogen-bond acceptors (Lipinski definition) is 4. The molecular formula is C20H14BrNO3S. The molecule has 1 aliphatic heterocycles. The van der Waals surface area contributed by atoms with Gasteiger partial charge in [-0.3, -0.25) is 14.4 Å². The Hall–Kier alpha value is -2.28. The van der Waals surface area contributed by atoms with Crippen LogP contribution in [0.4, 0.5) is 5.69 Å². The Bertz CT molecular complexity index is 953. The smallest absolute Gasteiger partial charge is 0.283 e. The van der Waals surface area contributed by atoms with Gasteiger partial charge in [0.15, 0.2) is 5.78 Å². The van der Waals surface area contributed by atoms with E-state index < -0.39 is 6.10 Å². The van der Waals surface area contributed by atoms with Crippen molar-refractivity contribution in [1.29, 1.82) is 0 Å². The standard InChI is InChI=1S/C20H14BrNO3S/c21-14-8-6-13(7-9-14)18(23)10-19-16-11-26-12-17(16)20(24)22(25-19)15-4-2-1-3-5-15/h1-9,11-12,19H,10H2. The van der Waals surface area contributed by atoms with Gasteiger partial charge < -0.3 is 0 Å². The van der Waals surface area contributed by atoms with Crippen LogP contribution >= 0.6 is 27.3 Å². The fourth-order valence-electron chi connectivity index (χ4n) is 2.88. The Kier molecular flexibility index (Phi) is 4.72. The van der Waals surface area contributed by atoms with Crippen molar-refractivity contribution < 1.29 is 14.4 Å². The zero-order valence-electron chi connectivity index (χ0n) is 13.6. The lowest BCUT2D eigenvalue weighted by atomic mass is 9.98. The highest BCUT2D eigenvalue weighted by molar-refractivity contribution is 9.10. The molecule has 3 aromatic rings. The van der Waals surface area contributed by atoms with Gasteiger partial charge in [-0.1, -0.05) is 46.3 Å². The first-order chi connectivity index (χ1) is 12.6. The second-order valence-electron chi connectivity index (χ2n) is 5.90. The zero-order valence-corrected chi connectivity index (χ0v) is 16.0. The molecule has 0 spiro atoms. The van der Waals surface area contributed by atoms with Crippen LogP contribution in [0, 0.1) is 0 Å². The maximum absolute atomic E-state index is 12.7. The fourth-order valence-corrected chi connectivity index (χ4v) is 4.01. The van der Waals surface area contributed by atoms with Crippen molar-refractivity contribution in [3.8, 4) is 0 Å². The first-order valence-electron chi connectivity index (χ1n) is 8.04. The van der Waals surface area contributed by atoms with E-state index in [0.29, 0.717) is 16.8 Å². The lowest BCUT2D eigenvalue weighted by Gasteiger charge is -2.31. The molecule has 4 rings (SSSR count). The van der Waals surface area contributed by atoms with E-state index in [0.717, 1.165) is 10.0 Å². The van der Waals surface area contributed by atoms with Gasteiger partial charge in [0.1, 0.15) is 6.10 Å². The molecule has 2 aromatic carbocycles. The molecule has 0 saturated heterocycles. The molecule has 6 heteroatoms. The van der Waals surface area contributed by atoms with Crippen LogP contribution in [0.2, 0.25) is 0 Å². The number of anilines is 1. The summed E-state index contributed by atoms with van der Waals surface area (Å²) in [7, 11) is 0. The summed E-state index contributed by atoms with van der Waals surface area (Å²) < 4.78 is 0.920. The minimum atomic E-state index is -0.495. The number of rotatable bonds is 4. The van der Waals surface area contributed by atoms with Gasteiger partial charge in [0.05, 0.1) is 11.3 Å². The van der Waals surface area contributed by atoms with Crippen LogP contribution < -0.4 is 5.06 Å². The molecule has 4 nitrogen and oxygen atoms in total. The molecule has 2 heterocycles. The Morgan fingerprint density at radius 2 is 1.81 bits per heavy atom. The van der Waals surface area contributed by atoms with Gasteiger partial charge in [-0.2, -0.15) is 16.4 Å². The number of halogens is 1. The number of benzene rings is 2. The number of hydrogen-bond donors (Lipinski definition) is 0. The van der Waals surface area contributed by atoms with Gasteiger partial charge >= 0.3 is 0 Å². The van der Waals surface area contributed by atoms with E-state index >= 15 is 0 Å². The third-order valence-corrected chi connectivity index (χ3v) is 5.50. The van der Waals surface area contributed by atoms with Crippen LogP contribution in [0.15, 0.2) is 69.8 Å². The van der Waals surface area contributed by atoms with E-state index in [9.17, 15) is 9.59 Å². The van der Waals surface area contributed by atoms with Crippen LogP contribution in [0.3, 0.4) is 0 Å². The molecule has 0 saturated carbocycles. The monoisotopic (exact) mass is 427 g/mol. The molecule has 1 atom stereocenters. The number of thiophene rings is 1. The highest BCUT2D eigenvalue weighted by Gasteiger charge is 2.35. The van der Waals surface area contributed by atoms with Gasteiger partial charge in [0.25, 0.3) is 5.91 Å². The Balaban J connectivity index is 1.63. The second kappa shape index (κ2) is 7.15. The molecule has 0 radical (unpaired) electrons. The normalized spacial score (nSPS) is 16.4. The molecule has 1 aromatic heterocycles. The number of carbonyl (C=O) groups excluding carboxylic acids is 2. The first-order valence-corrected chi connectivity index (χ1v) is 9.78. The topological polar surface area (TPSA) is 46.6 Å².